The average molecular weight is 316 g/mol. The smallest absolute Gasteiger partial charge is 0.261 e. The van der Waals surface area contributed by atoms with E-state index in [1.165, 1.54) is 17.7 Å². The maximum Gasteiger partial charge on any atom is 0.261 e. The Kier molecular flexibility index (Phi) is 3.60. The molecule has 3 fully saturated rings. The van der Waals surface area contributed by atoms with Crippen molar-refractivity contribution in [2.75, 3.05) is 19.6 Å². The Morgan fingerprint density at radius 2 is 2.00 bits per heavy atom. The van der Waals surface area contributed by atoms with E-state index in [0.29, 0.717) is 11.5 Å². The number of hydrogen-bond donors (Lipinski definition) is 0. The molecule has 0 unspecified atom stereocenters. The topological polar surface area (TPSA) is 37.4 Å². The Bertz CT molecular complexity index is 664. The Labute approximate surface area is 122 Å². The van der Waals surface area contributed by atoms with E-state index in [0.717, 1.165) is 38.5 Å². The predicted molar refractivity (Wildman–Crippen MR) is 76.6 cm³/mol. The fraction of sp³-hybridized carbons (Fsp3) is 0.429. The summed E-state index contributed by atoms with van der Waals surface area (Å²) in [7, 11) is 1.56. The van der Waals surface area contributed by atoms with Gasteiger partial charge in [-0.05, 0) is 55.6 Å². The summed E-state index contributed by atoms with van der Waals surface area (Å²) < 4.78 is 36.5. The molecule has 4 rings (SSSR count). The van der Waals surface area contributed by atoms with Crippen LogP contribution in [0.25, 0.3) is 6.08 Å². The number of rotatable bonds is 2. The molecule has 3 heterocycles. The SMILES string of the molecule is O=S(=O)(Cl)c1ccc(F)cc1/C=C1/CN2CCC1CC2. The summed E-state index contributed by atoms with van der Waals surface area (Å²) in [6, 6.07) is 3.58. The second-order valence-corrected chi connectivity index (χ2v) is 7.92. The summed E-state index contributed by atoms with van der Waals surface area (Å²) in [4.78, 5) is 2.31. The van der Waals surface area contributed by atoms with E-state index in [4.69, 9.17) is 10.7 Å². The van der Waals surface area contributed by atoms with Crippen molar-refractivity contribution in [1.82, 2.24) is 4.90 Å². The molecule has 0 aromatic heterocycles. The number of fused-ring (bicyclic) bond motifs is 3. The lowest BCUT2D eigenvalue weighted by atomic mass is 9.83. The van der Waals surface area contributed by atoms with Crippen LogP contribution in [-0.2, 0) is 9.05 Å². The lowest BCUT2D eigenvalue weighted by molar-refractivity contribution is 0.163. The highest BCUT2D eigenvalue weighted by Crippen LogP contribution is 2.34. The first kappa shape index (κ1) is 14.0. The minimum absolute atomic E-state index is 0.0236. The molecular formula is C14H15ClFNO2S. The van der Waals surface area contributed by atoms with Gasteiger partial charge in [0.15, 0.2) is 0 Å². The third-order valence-electron chi connectivity index (χ3n) is 4.09. The van der Waals surface area contributed by atoms with E-state index < -0.39 is 14.9 Å². The van der Waals surface area contributed by atoms with Crippen LogP contribution in [0.15, 0.2) is 28.7 Å². The van der Waals surface area contributed by atoms with Crippen LogP contribution in [0.2, 0.25) is 0 Å². The number of benzene rings is 1. The minimum atomic E-state index is -3.87. The first-order valence-electron chi connectivity index (χ1n) is 6.60. The van der Waals surface area contributed by atoms with Crippen molar-refractivity contribution in [1.29, 1.82) is 0 Å². The number of halogens is 2. The van der Waals surface area contributed by atoms with Gasteiger partial charge in [0.05, 0.1) is 4.90 Å². The fourth-order valence-corrected chi connectivity index (χ4v) is 4.12. The highest BCUT2D eigenvalue weighted by Gasteiger charge is 2.29. The molecule has 108 valence electrons. The van der Waals surface area contributed by atoms with E-state index in [9.17, 15) is 12.8 Å². The second-order valence-electron chi connectivity index (χ2n) is 5.39. The number of hydrogen-bond acceptors (Lipinski definition) is 3. The first-order valence-corrected chi connectivity index (χ1v) is 8.91. The van der Waals surface area contributed by atoms with Gasteiger partial charge in [0.25, 0.3) is 9.05 Å². The zero-order chi connectivity index (χ0) is 14.3. The van der Waals surface area contributed by atoms with Crippen molar-refractivity contribution in [3.8, 4) is 0 Å². The van der Waals surface area contributed by atoms with E-state index in [-0.39, 0.29) is 4.90 Å². The number of piperidine rings is 3. The Morgan fingerprint density at radius 1 is 1.30 bits per heavy atom. The van der Waals surface area contributed by atoms with Crippen molar-refractivity contribution in [3.63, 3.8) is 0 Å². The Morgan fingerprint density at radius 3 is 2.55 bits per heavy atom. The molecule has 3 aliphatic heterocycles. The standard InChI is InChI=1S/C14H15ClFNO2S/c15-20(18,19)14-2-1-13(16)8-11(14)7-12-9-17-5-3-10(12)4-6-17/h1-2,7-8,10H,3-6,9H2/b12-7-. The van der Waals surface area contributed by atoms with Crippen molar-refractivity contribution >= 4 is 25.8 Å². The molecule has 3 aliphatic rings. The van der Waals surface area contributed by atoms with Gasteiger partial charge in [-0.25, -0.2) is 12.8 Å². The molecule has 6 heteroatoms. The summed E-state index contributed by atoms with van der Waals surface area (Å²) in [6.07, 6.45) is 3.97. The Hall–Kier alpha value is -0.910. The highest BCUT2D eigenvalue weighted by atomic mass is 35.7. The molecule has 3 nitrogen and oxygen atoms in total. The van der Waals surface area contributed by atoms with Gasteiger partial charge >= 0.3 is 0 Å². The fourth-order valence-electron chi connectivity index (χ4n) is 3.07. The molecule has 3 saturated heterocycles. The van der Waals surface area contributed by atoms with Crippen molar-refractivity contribution < 1.29 is 12.8 Å². The third kappa shape index (κ3) is 2.75. The molecule has 0 saturated carbocycles. The lowest BCUT2D eigenvalue weighted by Crippen LogP contribution is -2.42. The van der Waals surface area contributed by atoms with Crippen LogP contribution in [0, 0.1) is 11.7 Å². The first-order chi connectivity index (χ1) is 9.43. The van der Waals surface area contributed by atoms with Crippen LogP contribution < -0.4 is 0 Å². The average Bonchev–Trinajstić information content (AvgIpc) is 2.38. The van der Waals surface area contributed by atoms with Crippen molar-refractivity contribution in [2.45, 2.75) is 17.7 Å². The van der Waals surface area contributed by atoms with Crippen LogP contribution in [-0.4, -0.2) is 33.0 Å². The van der Waals surface area contributed by atoms with Crippen LogP contribution >= 0.6 is 10.7 Å². The van der Waals surface area contributed by atoms with E-state index in [1.54, 1.807) is 6.08 Å². The molecule has 0 amide bonds. The maximum atomic E-state index is 13.4. The van der Waals surface area contributed by atoms with Crippen LogP contribution in [0.3, 0.4) is 0 Å². The number of nitrogens with zero attached hydrogens (tertiary/aromatic N) is 1. The summed E-state index contributed by atoms with van der Waals surface area (Å²) in [5.74, 6) is 0.0244. The highest BCUT2D eigenvalue weighted by molar-refractivity contribution is 8.13. The molecule has 1 aromatic rings. The van der Waals surface area contributed by atoms with E-state index in [2.05, 4.69) is 4.90 Å². The summed E-state index contributed by atoms with van der Waals surface area (Å²) in [5.41, 5.74) is 1.53. The van der Waals surface area contributed by atoms with Gasteiger partial charge in [0, 0.05) is 17.2 Å². The molecule has 20 heavy (non-hydrogen) atoms. The largest absolute Gasteiger partial charge is 0.299 e. The molecule has 0 spiro atoms. The zero-order valence-electron chi connectivity index (χ0n) is 10.9. The molecule has 1 aromatic carbocycles. The molecule has 2 bridgehead atoms. The van der Waals surface area contributed by atoms with Crippen LogP contribution in [0.1, 0.15) is 18.4 Å². The van der Waals surface area contributed by atoms with Gasteiger partial charge < -0.3 is 0 Å². The van der Waals surface area contributed by atoms with E-state index >= 15 is 0 Å². The van der Waals surface area contributed by atoms with Gasteiger partial charge in [-0.3, -0.25) is 4.90 Å². The molecule has 0 radical (unpaired) electrons. The lowest BCUT2D eigenvalue weighted by Gasteiger charge is -2.41. The second kappa shape index (κ2) is 5.13. The van der Waals surface area contributed by atoms with Crippen LogP contribution in [0.5, 0.6) is 0 Å². The quantitative estimate of drug-likeness (QED) is 0.788. The van der Waals surface area contributed by atoms with Gasteiger partial charge in [-0.2, -0.15) is 0 Å². The van der Waals surface area contributed by atoms with Crippen LogP contribution in [0.4, 0.5) is 4.39 Å². The summed E-state index contributed by atoms with van der Waals surface area (Å²) in [6.45, 7) is 3.01. The van der Waals surface area contributed by atoms with E-state index in [1.807, 2.05) is 0 Å². The Balaban J connectivity index is 2.04. The maximum absolute atomic E-state index is 13.4. The normalized spacial score (nSPS) is 28.0. The van der Waals surface area contributed by atoms with Gasteiger partial charge in [-0.15, -0.1) is 0 Å². The summed E-state index contributed by atoms with van der Waals surface area (Å²) >= 11 is 0. The van der Waals surface area contributed by atoms with Gasteiger partial charge in [-0.1, -0.05) is 11.6 Å². The molecular weight excluding hydrogens is 301 g/mol. The minimum Gasteiger partial charge on any atom is -0.299 e. The van der Waals surface area contributed by atoms with Gasteiger partial charge in [0.2, 0.25) is 0 Å². The van der Waals surface area contributed by atoms with Gasteiger partial charge in [0.1, 0.15) is 5.82 Å². The monoisotopic (exact) mass is 315 g/mol. The molecule has 0 atom stereocenters. The van der Waals surface area contributed by atoms with Crippen molar-refractivity contribution in [2.24, 2.45) is 5.92 Å². The molecule has 0 aliphatic carbocycles. The van der Waals surface area contributed by atoms with Crippen molar-refractivity contribution in [3.05, 3.63) is 35.2 Å². The third-order valence-corrected chi connectivity index (χ3v) is 5.49. The molecule has 0 N–H and O–H groups in total. The zero-order valence-corrected chi connectivity index (χ0v) is 12.4. The predicted octanol–water partition coefficient (Wildman–Crippen LogP) is 2.86. The summed E-state index contributed by atoms with van der Waals surface area (Å²) in [5, 5.41) is 0.